The van der Waals surface area contributed by atoms with Crippen molar-refractivity contribution in [1.29, 1.82) is 0 Å². The number of piperidine rings is 1. The van der Waals surface area contributed by atoms with Crippen molar-refractivity contribution in [3.05, 3.63) is 22.7 Å². The average Bonchev–Trinajstić information content (AvgIpc) is 2.38. The average molecular weight is 283 g/mol. The van der Waals surface area contributed by atoms with Gasteiger partial charge in [0.2, 0.25) is 5.28 Å². The Balaban J connectivity index is 1.80. The van der Waals surface area contributed by atoms with Gasteiger partial charge in [-0.25, -0.2) is 9.97 Å². The van der Waals surface area contributed by atoms with Gasteiger partial charge in [0.15, 0.2) is 0 Å². The van der Waals surface area contributed by atoms with E-state index in [1.54, 1.807) is 13.0 Å². The van der Waals surface area contributed by atoms with Crippen LogP contribution in [0.5, 0.6) is 0 Å². The number of carbonyl (C=O) groups excluding carboxylic acids is 1. The van der Waals surface area contributed by atoms with Crippen LogP contribution in [-0.4, -0.2) is 47.0 Å². The molecule has 0 saturated carbocycles. The number of hydrogen-bond donors (Lipinski definition) is 1. The number of carbonyl (C=O) groups is 1. The van der Waals surface area contributed by atoms with E-state index in [9.17, 15) is 4.79 Å². The molecular formula is C13H19ClN4O. The van der Waals surface area contributed by atoms with Crippen LogP contribution < -0.4 is 5.32 Å². The molecule has 104 valence electrons. The van der Waals surface area contributed by atoms with Crippen LogP contribution in [0.15, 0.2) is 6.07 Å². The van der Waals surface area contributed by atoms with Crippen LogP contribution in [0.4, 0.5) is 0 Å². The van der Waals surface area contributed by atoms with E-state index in [1.807, 2.05) is 0 Å². The lowest BCUT2D eigenvalue weighted by molar-refractivity contribution is 0.0941. The van der Waals surface area contributed by atoms with Crippen LogP contribution in [-0.2, 0) is 0 Å². The molecule has 0 spiro atoms. The van der Waals surface area contributed by atoms with Gasteiger partial charge in [0.1, 0.15) is 5.69 Å². The number of amides is 1. The first-order valence-corrected chi connectivity index (χ1v) is 7.05. The van der Waals surface area contributed by atoms with Gasteiger partial charge in [0, 0.05) is 18.8 Å². The molecule has 0 atom stereocenters. The molecule has 1 aliphatic rings. The Kier molecular flexibility index (Phi) is 5.10. The van der Waals surface area contributed by atoms with Crippen molar-refractivity contribution in [1.82, 2.24) is 20.2 Å². The van der Waals surface area contributed by atoms with Crippen molar-refractivity contribution in [2.75, 3.05) is 26.2 Å². The van der Waals surface area contributed by atoms with Crippen LogP contribution in [0.25, 0.3) is 0 Å². The molecule has 19 heavy (non-hydrogen) atoms. The number of hydrogen-bond acceptors (Lipinski definition) is 4. The van der Waals surface area contributed by atoms with Crippen molar-refractivity contribution < 1.29 is 4.79 Å². The Labute approximate surface area is 118 Å². The number of halogens is 1. The number of rotatable bonds is 4. The van der Waals surface area contributed by atoms with E-state index in [0.29, 0.717) is 17.9 Å². The number of nitrogens with one attached hydrogen (secondary N) is 1. The maximum Gasteiger partial charge on any atom is 0.270 e. The highest BCUT2D eigenvalue weighted by molar-refractivity contribution is 6.28. The molecule has 1 amide bonds. The molecule has 0 aliphatic carbocycles. The summed E-state index contributed by atoms with van der Waals surface area (Å²) in [6.45, 7) is 5.59. The quantitative estimate of drug-likeness (QED) is 0.853. The van der Waals surface area contributed by atoms with Gasteiger partial charge in [-0.2, -0.15) is 0 Å². The highest BCUT2D eigenvalue weighted by atomic mass is 35.5. The first-order chi connectivity index (χ1) is 9.15. The van der Waals surface area contributed by atoms with Crippen molar-refractivity contribution in [3.8, 4) is 0 Å². The minimum Gasteiger partial charge on any atom is -0.349 e. The van der Waals surface area contributed by atoms with Crippen molar-refractivity contribution >= 4 is 17.5 Å². The highest BCUT2D eigenvalue weighted by Gasteiger charge is 2.12. The lowest BCUT2D eigenvalue weighted by Gasteiger charge is -2.26. The molecule has 2 heterocycles. The fourth-order valence-electron chi connectivity index (χ4n) is 2.25. The number of likely N-dealkylation sites (tertiary alicyclic amines) is 1. The second-order valence-electron chi connectivity index (χ2n) is 4.82. The molecule has 1 N–H and O–H groups in total. The molecule has 6 heteroatoms. The summed E-state index contributed by atoms with van der Waals surface area (Å²) in [6, 6.07) is 1.64. The van der Waals surface area contributed by atoms with Crippen LogP contribution in [0.3, 0.4) is 0 Å². The standard InChI is InChI=1S/C13H19ClN4O/c1-10-9-11(17-13(14)16-10)12(19)15-5-8-18-6-3-2-4-7-18/h9H,2-8H2,1H3,(H,15,19). The van der Waals surface area contributed by atoms with Crippen molar-refractivity contribution in [3.63, 3.8) is 0 Å². The molecule has 0 aromatic carbocycles. The van der Waals surface area contributed by atoms with Gasteiger partial charge in [0.25, 0.3) is 5.91 Å². The zero-order chi connectivity index (χ0) is 13.7. The molecule has 1 aromatic heterocycles. The van der Waals surface area contributed by atoms with E-state index < -0.39 is 0 Å². The molecular weight excluding hydrogens is 264 g/mol. The van der Waals surface area contributed by atoms with E-state index in [-0.39, 0.29) is 11.2 Å². The lowest BCUT2D eigenvalue weighted by Crippen LogP contribution is -2.37. The molecule has 1 fully saturated rings. The second kappa shape index (κ2) is 6.82. The second-order valence-corrected chi connectivity index (χ2v) is 5.16. The van der Waals surface area contributed by atoms with E-state index in [4.69, 9.17) is 11.6 Å². The summed E-state index contributed by atoms with van der Waals surface area (Å²) >= 11 is 5.74. The van der Waals surface area contributed by atoms with Crippen molar-refractivity contribution in [2.45, 2.75) is 26.2 Å². The Morgan fingerprint density at radius 2 is 2.11 bits per heavy atom. The van der Waals surface area contributed by atoms with Gasteiger partial charge < -0.3 is 10.2 Å². The predicted octanol–water partition coefficient (Wildman–Crippen LogP) is 1.65. The summed E-state index contributed by atoms with van der Waals surface area (Å²) in [4.78, 5) is 22.2. The van der Waals surface area contributed by atoms with Crippen LogP contribution in [0.2, 0.25) is 5.28 Å². The largest absolute Gasteiger partial charge is 0.349 e. The van der Waals surface area contributed by atoms with E-state index in [0.717, 1.165) is 19.6 Å². The molecule has 0 unspecified atom stereocenters. The SMILES string of the molecule is Cc1cc(C(=O)NCCN2CCCCC2)nc(Cl)n1. The Morgan fingerprint density at radius 3 is 2.79 bits per heavy atom. The van der Waals surface area contributed by atoms with Gasteiger partial charge in [-0.1, -0.05) is 6.42 Å². The summed E-state index contributed by atoms with van der Waals surface area (Å²) in [5, 5.41) is 2.98. The highest BCUT2D eigenvalue weighted by Crippen LogP contribution is 2.08. The van der Waals surface area contributed by atoms with Crippen molar-refractivity contribution in [2.24, 2.45) is 0 Å². The molecule has 0 radical (unpaired) electrons. The minimum absolute atomic E-state index is 0.112. The summed E-state index contributed by atoms with van der Waals surface area (Å²) in [6.07, 6.45) is 3.84. The monoisotopic (exact) mass is 282 g/mol. The topological polar surface area (TPSA) is 58.1 Å². The normalized spacial score (nSPS) is 16.3. The van der Waals surface area contributed by atoms with Crippen LogP contribution in [0.1, 0.15) is 35.4 Å². The first kappa shape index (κ1) is 14.2. The van der Waals surface area contributed by atoms with Gasteiger partial charge in [-0.05, 0) is 50.5 Å². The molecule has 1 aliphatic heterocycles. The van der Waals surface area contributed by atoms with Crippen LogP contribution in [0, 0.1) is 6.92 Å². The number of aromatic nitrogens is 2. The molecule has 5 nitrogen and oxygen atoms in total. The summed E-state index contributed by atoms with van der Waals surface area (Å²) in [5.41, 5.74) is 1.03. The molecule has 2 rings (SSSR count). The Morgan fingerprint density at radius 1 is 1.37 bits per heavy atom. The summed E-state index contributed by atoms with van der Waals surface area (Å²) in [5.74, 6) is -0.190. The Bertz CT molecular complexity index is 426. The van der Waals surface area contributed by atoms with E-state index in [2.05, 4.69) is 20.2 Å². The zero-order valence-corrected chi connectivity index (χ0v) is 11.9. The number of aryl methyl sites for hydroxylation is 1. The first-order valence-electron chi connectivity index (χ1n) is 6.67. The van der Waals surface area contributed by atoms with E-state index in [1.165, 1.54) is 19.3 Å². The fraction of sp³-hybridized carbons (Fsp3) is 0.615. The third kappa shape index (κ3) is 4.44. The van der Waals surface area contributed by atoms with E-state index >= 15 is 0 Å². The molecule has 1 aromatic rings. The summed E-state index contributed by atoms with van der Waals surface area (Å²) in [7, 11) is 0. The Hall–Kier alpha value is -1.20. The van der Waals surface area contributed by atoms with Gasteiger partial charge in [0.05, 0.1) is 0 Å². The maximum absolute atomic E-state index is 11.9. The third-order valence-corrected chi connectivity index (χ3v) is 3.39. The third-order valence-electron chi connectivity index (χ3n) is 3.22. The zero-order valence-electron chi connectivity index (χ0n) is 11.2. The minimum atomic E-state index is -0.190. The fourth-order valence-corrected chi connectivity index (χ4v) is 2.47. The van der Waals surface area contributed by atoms with Gasteiger partial charge in [-0.15, -0.1) is 0 Å². The smallest absolute Gasteiger partial charge is 0.270 e. The van der Waals surface area contributed by atoms with Gasteiger partial charge in [-0.3, -0.25) is 4.79 Å². The van der Waals surface area contributed by atoms with Crippen LogP contribution >= 0.6 is 11.6 Å². The molecule has 1 saturated heterocycles. The van der Waals surface area contributed by atoms with Gasteiger partial charge >= 0.3 is 0 Å². The lowest BCUT2D eigenvalue weighted by atomic mass is 10.1. The maximum atomic E-state index is 11.9. The predicted molar refractivity (Wildman–Crippen MR) is 74.4 cm³/mol. The summed E-state index contributed by atoms with van der Waals surface area (Å²) < 4.78 is 0. The number of nitrogens with zero attached hydrogens (tertiary/aromatic N) is 3. The molecule has 0 bridgehead atoms.